The van der Waals surface area contributed by atoms with Crippen molar-refractivity contribution in [1.82, 2.24) is 19.8 Å². The molecule has 1 fully saturated rings. The molecule has 2 aromatic carbocycles. The van der Waals surface area contributed by atoms with Crippen LogP contribution in [0.15, 0.2) is 65.7 Å². The van der Waals surface area contributed by atoms with Crippen molar-refractivity contribution in [2.75, 3.05) is 13.1 Å². The second kappa shape index (κ2) is 9.84. The fourth-order valence-electron chi connectivity index (χ4n) is 4.42. The molecule has 2 aromatic heterocycles. The Hall–Kier alpha value is -3.78. The SMILES string of the molecule is Cc1c(-c2ccccc2)sc2ncn(CC(=O)NCc3ccc(C(=O)N4CCCC4)cc3)c(=O)c12. The lowest BCUT2D eigenvalue weighted by Gasteiger charge is -2.15. The molecule has 2 amide bonds. The van der Waals surface area contributed by atoms with E-state index < -0.39 is 0 Å². The number of carbonyl (C=O) groups excluding carboxylic acids is 2. The van der Waals surface area contributed by atoms with Crippen molar-refractivity contribution in [2.45, 2.75) is 32.9 Å². The minimum absolute atomic E-state index is 0.0551. The van der Waals surface area contributed by atoms with Gasteiger partial charge in [0.2, 0.25) is 5.91 Å². The molecule has 35 heavy (non-hydrogen) atoms. The van der Waals surface area contributed by atoms with E-state index >= 15 is 0 Å². The summed E-state index contributed by atoms with van der Waals surface area (Å²) in [5, 5.41) is 3.41. The van der Waals surface area contributed by atoms with E-state index in [4.69, 9.17) is 0 Å². The summed E-state index contributed by atoms with van der Waals surface area (Å²) in [6.07, 6.45) is 3.55. The number of carbonyl (C=O) groups is 2. The minimum Gasteiger partial charge on any atom is -0.350 e. The Balaban J connectivity index is 1.25. The van der Waals surface area contributed by atoms with Gasteiger partial charge in [0.15, 0.2) is 0 Å². The van der Waals surface area contributed by atoms with Crippen LogP contribution in [0.5, 0.6) is 0 Å². The number of likely N-dealkylation sites (tertiary alicyclic amines) is 1. The number of aromatic nitrogens is 2. The fraction of sp³-hybridized carbons (Fsp3) is 0.259. The number of fused-ring (bicyclic) bond motifs is 1. The lowest BCUT2D eigenvalue weighted by molar-refractivity contribution is -0.121. The maximum Gasteiger partial charge on any atom is 0.262 e. The Labute approximate surface area is 207 Å². The van der Waals surface area contributed by atoms with E-state index in [0.29, 0.717) is 22.3 Å². The third kappa shape index (κ3) is 4.74. The molecular weight excluding hydrogens is 460 g/mol. The highest BCUT2D eigenvalue weighted by Gasteiger charge is 2.19. The first-order chi connectivity index (χ1) is 17.0. The van der Waals surface area contributed by atoms with Crippen molar-refractivity contribution in [2.24, 2.45) is 0 Å². The number of rotatable bonds is 6. The Bertz CT molecular complexity index is 1440. The summed E-state index contributed by atoms with van der Waals surface area (Å²) in [6.45, 7) is 3.76. The minimum atomic E-state index is -0.276. The van der Waals surface area contributed by atoms with Gasteiger partial charge in [-0.2, -0.15) is 0 Å². The van der Waals surface area contributed by atoms with Gasteiger partial charge in [-0.15, -0.1) is 11.3 Å². The maximum absolute atomic E-state index is 13.1. The van der Waals surface area contributed by atoms with E-state index in [1.807, 2.05) is 54.3 Å². The van der Waals surface area contributed by atoms with Crippen LogP contribution in [0.1, 0.15) is 34.3 Å². The summed E-state index contributed by atoms with van der Waals surface area (Å²) in [6, 6.07) is 17.2. The molecule has 4 aromatic rings. The molecule has 178 valence electrons. The third-order valence-corrected chi connectivity index (χ3v) is 7.60. The fourth-order valence-corrected chi connectivity index (χ4v) is 5.56. The molecule has 3 heterocycles. The van der Waals surface area contributed by atoms with Crippen LogP contribution in [-0.2, 0) is 17.9 Å². The maximum atomic E-state index is 13.1. The summed E-state index contributed by atoms with van der Waals surface area (Å²) < 4.78 is 1.35. The van der Waals surface area contributed by atoms with E-state index in [-0.39, 0.29) is 23.9 Å². The van der Waals surface area contributed by atoms with Crippen molar-refractivity contribution in [3.63, 3.8) is 0 Å². The third-order valence-electron chi connectivity index (χ3n) is 6.35. The first-order valence-corrected chi connectivity index (χ1v) is 12.5. The molecule has 1 aliphatic rings. The van der Waals surface area contributed by atoms with Crippen LogP contribution in [0.25, 0.3) is 20.7 Å². The molecule has 0 atom stereocenters. The molecular formula is C27H26N4O3S. The van der Waals surface area contributed by atoms with Crippen molar-refractivity contribution < 1.29 is 9.59 Å². The van der Waals surface area contributed by atoms with Crippen molar-refractivity contribution in [3.8, 4) is 10.4 Å². The van der Waals surface area contributed by atoms with Gasteiger partial charge >= 0.3 is 0 Å². The molecule has 0 unspecified atom stereocenters. The van der Waals surface area contributed by atoms with Crippen LogP contribution in [0.4, 0.5) is 0 Å². The molecule has 0 radical (unpaired) electrons. The molecule has 1 saturated heterocycles. The van der Waals surface area contributed by atoms with Gasteiger partial charge in [0.1, 0.15) is 11.4 Å². The molecule has 0 aliphatic carbocycles. The van der Waals surface area contributed by atoms with Crippen LogP contribution in [0, 0.1) is 6.92 Å². The summed E-state index contributed by atoms with van der Waals surface area (Å²) in [4.78, 5) is 46.2. The van der Waals surface area contributed by atoms with Gasteiger partial charge in [-0.25, -0.2) is 4.98 Å². The highest BCUT2D eigenvalue weighted by molar-refractivity contribution is 7.22. The Morgan fingerprint density at radius 1 is 1.03 bits per heavy atom. The monoisotopic (exact) mass is 486 g/mol. The lowest BCUT2D eigenvalue weighted by Crippen LogP contribution is -2.32. The van der Waals surface area contributed by atoms with E-state index in [2.05, 4.69) is 10.3 Å². The summed E-state index contributed by atoms with van der Waals surface area (Å²) >= 11 is 1.49. The zero-order valence-corrected chi connectivity index (χ0v) is 20.3. The van der Waals surface area contributed by atoms with Gasteiger partial charge in [-0.3, -0.25) is 19.0 Å². The Kier molecular flexibility index (Phi) is 6.46. The lowest BCUT2D eigenvalue weighted by atomic mass is 10.1. The zero-order chi connectivity index (χ0) is 24.4. The summed E-state index contributed by atoms with van der Waals surface area (Å²) in [5.41, 5.74) is 3.26. The van der Waals surface area contributed by atoms with E-state index in [9.17, 15) is 14.4 Å². The van der Waals surface area contributed by atoms with Crippen LogP contribution in [0.3, 0.4) is 0 Å². The predicted molar refractivity (Wildman–Crippen MR) is 137 cm³/mol. The molecule has 1 N–H and O–H groups in total. The van der Waals surface area contributed by atoms with Gasteiger partial charge in [0.05, 0.1) is 11.7 Å². The molecule has 0 bridgehead atoms. The van der Waals surface area contributed by atoms with Gasteiger partial charge in [0.25, 0.3) is 11.5 Å². The number of nitrogens with one attached hydrogen (secondary N) is 1. The van der Waals surface area contributed by atoms with Gasteiger partial charge < -0.3 is 10.2 Å². The highest BCUT2D eigenvalue weighted by Crippen LogP contribution is 2.35. The largest absolute Gasteiger partial charge is 0.350 e. The average Bonchev–Trinajstić information content (AvgIpc) is 3.54. The smallest absolute Gasteiger partial charge is 0.262 e. The summed E-state index contributed by atoms with van der Waals surface area (Å²) in [5.74, 6) is -0.221. The van der Waals surface area contributed by atoms with Crippen LogP contribution < -0.4 is 10.9 Å². The van der Waals surface area contributed by atoms with Crippen LogP contribution in [0.2, 0.25) is 0 Å². The van der Waals surface area contributed by atoms with E-state index in [1.54, 1.807) is 12.1 Å². The average molecular weight is 487 g/mol. The van der Waals surface area contributed by atoms with Crippen molar-refractivity contribution >= 4 is 33.4 Å². The van der Waals surface area contributed by atoms with Gasteiger partial charge in [-0.05, 0) is 48.6 Å². The number of aryl methyl sites for hydroxylation is 1. The zero-order valence-electron chi connectivity index (χ0n) is 19.5. The molecule has 5 rings (SSSR count). The first kappa shape index (κ1) is 23.0. The van der Waals surface area contributed by atoms with E-state index in [0.717, 1.165) is 47.5 Å². The Morgan fingerprint density at radius 3 is 2.46 bits per heavy atom. The second-order valence-electron chi connectivity index (χ2n) is 8.75. The van der Waals surface area contributed by atoms with Crippen LogP contribution >= 0.6 is 11.3 Å². The number of thiophene rings is 1. The standard InChI is InChI=1S/C27H26N4O3S/c1-18-23-25(35-24(18)20-7-3-2-4-8-20)29-17-31(27(23)34)16-22(32)28-15-19-9-11-21(12-10-19)26(33)30-13-5-6-14-30/h2-4,7-12,17H,5-6,13-16H2,1H3,(H,28,32). The van der Waals surface area contributed by atoms with Crippen molar-refractivity contribution in [1.29, 1.82) is 0 Å². The number of benzene rings is 2. The number of hydrogen-bond donors (Lipinski definition) is 1. The molecule has 1 aliphatic heterocycles. The number of hydrogen-bond acceptors (Lipinski definition) is 5. The molecule has 7 nitrogen and oxygen atoms in total. The van der Waals surface area contributed by atoms with Gasteiger partial charge in [0, 0.05) is 30.1 Å². The van der Waals surface area contributed by atoms with Crippen LogP contribution in [-0.4, -0.2) is 39.4 Å². The molecule has 8 heteroatoms. The van der Waals surface area contributed by atoms with Crippen molar-refractivity contribution in [3.05, 3.63) is 88.0 Å². The number of nitrogens with zero attached hydrogens (tertiary/aromatic N) is 3. The van der Waals surface area contributed by atoms with Gasteiger partial charge in [-0.1, -0.05) is 42.5 Å². The molecule has 0 spiro atoms. The number of amides is 2. The predicted octanol–water partition coefficient (Wildman–Crippen LogP) is 3.99. The Morgan fingerprint density at radius 2 is 1.74 bits per heavy atom. The highest BCUT2D eigenvalue weighted by atomic mass is 32.1. The first-order valence-electron chi connectivity index (χ1n) is 11.7. The quantitative estimate of drug-likeness (QED) is 0.447. The second-order valence-corrected chi connectivity index (χ2v) is 9.75. The molecule has 0 saturated carbocycles. The van der Waals surface area contributed by atoms with E-state index in [1.165, 1.54) is 22.2 Å². The normalized spacial score (nSPS) is 13.3. The topological polar surface area (TPSA) is 84.3 Å². The summed E-state index contributed by atoms with van der Waals surface area (Å²) in [7, 11) is 0.